The second-order valence-corrected chi connectivity index (χ2v) is 2.74. The first-order chi connectivity index (χ1) is 5.66. The Kier molecular flexibility index (Phi) is 16.4. The maximum Gasteiger partial charge on any atom is 0.0531 e. The third-order valence-corrected chi connectivity index (χ3v) is 1.76. The third-order valence-electron chi connectivity index (χ3n) is 1.76. The zero-order valence-electron chi connectivity index (χ0n) is 8.45. The van der Waals surface area contributed by atoms with E-state index in [2.05, 4.69) is 6.58 Å². The maximum atomic E-state index is 8.66. The lowest BCUT2D eigenvalue weighted by Gasteiger charge is -2.24. The molecule has 0 saturated carbocycles. The molecule has 0 heterocycles. The number of aliphatic hydroxyl groups is 3. The van der Waals surface area contributed by atoms with Gasteiger partial charge in [-0.3, -0.25) is 0 Å². The van der Waals surface area contributed by atoms with Crippen LogP contribution in [0.5, 0.6) is 0 Å². The van der Waals surface area contributed by atoms with E-state index in [1.54, 1.807) is 6.08 Å². The van der Waals surface area contributed by atoms with Gasteiger partial charge in [0, 0.05) is 5.41 Å². The fourth-order valence-electron chi connectivity index (χ4n) is 0.485. The SMILES string of the molecule is C=CC.CCC(CO)(CO)CO.O. The average Bonchev–Trinajstić information content (AvgIpc) is 2.11. The minimum atomic E-state index is -0.667. The van der Waals surface area contributed by atoms with Crippen molar-refractivity contribution in [2.45, 2.75) is 20.3 Å². The molecule has 0 aliphatic heterocycles. The molecule has 0 aromatic rings. The van der Waals surface area contributed by atoms with Crippen LogP contribution in [0, 0.1) is 5.41 Å². The van der Waals surface area contributed by atoms with E-state index in [4.69, 9.17) is 15.3 Å². The van der Waals surface area contributed by atoms with Gasteiger partial charge in [-0.2, -0.15) is 0 Å². The first-order valence-corrected chi connectivity index (χ1v) is 4.06. The molecule has 0 amide bonds. The minimum Gasteiger partial charge on any atom is -0.412 e. The van der Waals surface area contributed by atoms with Gasteiger partial charge in [-0.25, -0.2) is 0 Å². The molecule has 0 aromatic heterocycles. The fourth-order valence-corrected chi connectivity index (χ4v) is 0.485. The largest absolute Gasteiger partial charge is 0.412 e. The van der Waals surface area contributed by atoms with Crippen LogP contribution in [0.25, 0.3) is 0 Å². The molecule has 0 aliphatic carbocycles. The van der Waals surface area contributed by atoms with Gasteiger partial charge in [0.2, 0.25) is 0 Å². The van der Waals surface area contributed by atoms with E-state index < -0.39 is 5.41 Å². The van der Waals surface area contributed by atoms with Crippen molar-refractivity contribution in [3.05, 3.63) is 12.7 Å². The first kappa shape index (κ1) is 18.4. The van der Waals surface area contributed by atoms with Crippen molar-refractivity contribution in [2.24, 2.45) is 5.41 Å². The van der Waals surface area contributed by atoms with Crippen molar-refractivity contribution in [3.63, 3.8) is 0 Å². The van der Waals surface area contributed by atoms with E-state index in [1.807, 2.05) is 13.8 Å². The zero-order chi connectivity index (χ0) is 10.0. The molecule has 0 aliphatic rings. The second-order valence-electron chi connectivity index (χ2n) is 2.74. The number of allylic oxidation sites excluding steroid dienone is 1. The Hall–Kier alpha value is -0.420. The molecule has 0 bridgehead atoms. The lowest BCUT2D eigenvalue weighted by atomic mass is 9.88. The Morgan fingerprint density at radius 1 is 1.15 bits per heavy atom. The molecule has 0 radical (unpaired) electrons. The topological polar surface area (TPSA) is 92.2 Å². The van der Waals surface area contributed by atoms with Crippen LogP contribution in [0.15, 0.2) is 12.7 Å². The average molecular weight is 194 g/mol. The van der Waals surface area contributed by atoms with Gasteiger partial charge >= 0.3 is 0 Å². The normalized spacial score (nSPS) is 9.31. The van der Waals surface area contributed by atoms with Gasteiger partial charge in [0.25, 0.3) is 0 Å². The molecule has 5 N–H and O–H groups in total. The highest BCUT2D eigenvalue weighted by Gasteiger charge is 2.24. The van der Waals surface area contributed by atoms with Crippen molar-refractivity contribution < 1.29 is 20.8 Å². The molecule has 0 spiro atoms. The van der Waals surface area contributed by atoms with Crippen molar-refractivity contribution in [3.8, 4) is 0 Å². The van der Waals surface area contributed by atoms with Gasteiger partial charge in [0.05, 0.1) is 19.8 Å². The van der Waals surface area contributed by atoms with Gasteiger partial charge < -0.3 is 20.8 Å². The van der Waals surface area contributed by atoms with Crippen LogP contribution < -0.4 is 0 Å². The van der Waals surface area contributed by atoms with Crippen LogP contribution >= 0.6 is 0 Å². The van der Waals surface area contributed by atoms with Gasteiger partial charge in [-0.15, -0.1) is 6.58 Å². The second kappa shape index (κ2) is 11.6. The minimum absolute atomic E-state index is 0. The summed E-state index contributed by atoms with van der Waals surface area (Å²) in [5.74, 6) is 0. The molecule has 0 saturated heterocycles. The summed E-state index contributed by atoms with van der Waals surface area (Å²) in [4.78, 5) is 0. The Morgan fingerprint density at radius 3 is 1.38 bits per heavy atom. The highest BCUT2D eigenvalue weighted by Crippen LogP contribution is 2.18. The van der Waals surface area contributed by atoms with E-state index in [0.29, 0.717) is 6.42 Å². The summed E-state index contributed by atoms with van der Waals surface area (Å²) in [6.45, 7) is 6.60. The van der Waals surface area contributed by atoms with Crippen molar-refractivity contribution >= 4 is 0 Å². The summed E-state index contributed by atoms with van der Waals surface area (Å²) in [6.07, 6.45) is 2.34. The molecule has 82 valence electrons. The maximum absolute atomic E-state index is 8.66. The van der Waals surface area contributed by atoms with E-state index in [-0.39, 0.29) is 25.3 Å². The summed E-state index contributed by atoms with van der Waals surface area (Å²) >= 11 is 0. The molecular weight excluding hydrogens is 172 g/mol. The van der Waals surface area contributed by atoms with E-state index in [9.17, 15) is 0 Å². The van der Waals surface area contributed by atoms with E-state index >= 15 is 0 Å². The van der Waals surface area contributed by atoms with E-state index in [0.717, 1.165) is 0 Å². The fraction of sp³-hybridized carbons (Fsp3) is 0.778. The number of rotatable bonds is 4. The summed E-state index contributed by atoms with van der Waals surface area (Å²) in [5.41, 5.74) is -0.667. The monoisotopic (exact) mass is 194 g/mol. The Morgan fingerprint density at radius 2 is 1.38 bits per heavy atom. The molecule has 4 heteroatoms. The Bertz CT molecular complexity index is 82.3. The number of aliphatic hydroxyl groups excluding tert-OH is 3. The first-order valence-electron chi connectivity index (χ1n) is 4.06. The van der Waals surface area contributed by atoms with Crippen LogP contribution in [0.4, 0.5) is 0 Å². The Balaban J connectivity index is -0.000000220. The number of hydrogen-bond donors (Lipinski definition) is 3. The van der Waals surface area contributed by atoms with Crippen LogP contribution in [0.3, 0.4) is 0 Å². The van der Waals surface area contributed by atoms with E-state index in [1.165, 1.54) is 0 Å². The molecule has 0 rings (SSSR count). The van der Waals surface area contributed by atoms with Crippen molar-refractivity contribution in [1.29, 1.82) is 0 Å². The lowest BCUT2D eigenvalue weighted by Crippen LogP contribution is -2.32. The molecule has 0 aromatic carbocycles. The third kappa shape index (κ3) is 7.93. The smallest absolute Gasteiger partial charge is 0.0531 e. The molecule has 0 fully saturated rings. The highest BCUT2D eigenvalue weighted by molar-refractivity contribution is 4.74. The summed E-state index contributed by atoms with van der Waals surface area (Å²) in [5, 5.41) is 26.0. The summed E-state index contributed by atoms with van der Waals surface area (Å²) in [6, 6.07) is 0. The predicted molar refractivity (Wildman–Crippen MR) is 53.5 cm³/mol. The van der Waals surface area contributed by atoms with Gasteiger partial charge in [0.1, 0.15) is 0 Å². The zero-order valence-corrected chi connectivity index (χ0v) is 8.45. The number of hydrogen-bond acceptors (Lipinski definition) is 3. The van der Waals surface area contributed by atoms with Crippen LogP contribution in [0.1, 0.15) is 20.3 Å². The lowest BCUT2D eigenvalue weighted by molar-refractivity contribution is 0.00304. The molecular formula is C9H22O4. The molecule has 4 nitrogen and oxygen atoms in total. The molecule has 0 atom stereocenters. The van der Waals surface area contributed by atoms with Crippen LogP contribution in [-0.2, 0) is 0 Å². The summed E-state index contributed by atoms with van der Waals surface area (Å²) in [7, 11) is 0. The van der Waals surface area contributed by atoms with Gasteiger partial charge in [0.15, 0.2) is 0 Å². The predicted octanol–water partition coefficient (Wildman–Crippen LogP) is -0.273. The Labute approximate surface area is 79.8 Å². The standard InChI is InChI=1S/C6H14O3.C3H6.H2O/c1-2-6(3-7,4-8)5-9;1-3-2;/h7-9H,2-5H2,1H3;3H,1H2,2H3;1H2. The van der Waals surface area contributed by atoms with Crippen molar-refractivity contribution in [1.82, 2.24) is 0 Å². The van der Waals surface area contributed by atoms with Gasteiger partial charge in [-0.1, -0.05) is 13.0 Å². The van der Waals surface area contributed by atoms with Crippen LogP contribution in [0.2, 0.25) is 0 Å². The highest BCUT2D eigenvalue weighted by atomic mass is 16.3. The van der Waals surface area contributed by atoms with Gasteiger partial charge in [-0.05, 0) is 13.3 Å². The van der Waals surface area contributed by atoms with Crippen LogP contribution in [-0.4, -0.2) is 40.6 Å². The molecule has 0 unspecified atom stereocenters. The van der Waals surface area contributed by atoms with Crippen molar-refractivity contribution in [2.75, 3.05) is 19.8 Å². The quantitative estimate of drug-likeness (QED) is 0.538. The molecule has 13 heavy (non-hydrogen) atoms. The summed E-state index contributed by atoms with van der Waals surface area (Å²) < 4.78 is 0.